The molecule has 2 aromatic rings. The third-order valence-corrected chi connectivity index (χ3v) is 6.37. The number of nitrogens with zero attached hydrogens (tertiary/aromatic N) is 3. The number of carbonyl (C=O) groups excluding carboxylic acids is 2. The SMILES string of the molecule is COc1ccc(OC)c(N2CC(C(=O)N(C)Cc3ccccc3N3CCCC3)CC2=O)c1. The van der Waals surface area contributed by atoms with Crippen LogP contribution in [0.5, 0.6) is 11.5 Å². The Kier molecular flexibility index (Phi) is 6.53. The molecule has 0 aliphatic carbocycles. The zero-order valence-corrected chi connectivity index (χ0v) is 19.0. The molecule has 1 unspecified atom stereocenters. The van der Waals surface area contributed by atoms with Gasteiger partial charge in [-0.25, -0.2) is 0 Å². The van der Waals surface area contributed by atoms with Crippen molar-refractivity contribution in [3.8, 4) is 11.5 Å². The van der Waals surface area contributed by atoms with E-state index >= 15 is 0 Å². The largest absolute Gasteiger partial charge is 0.497 e. The van der Waals surface area contributed by atoms with Gasteiger partial charge in [-0.1, -0.05) is 18.2 Å². The van der Waals surface area contributed by atoms with Crippen molar-refractivity contribution in [3.63, 3.8) is 0 Å². The van der Waals surface area contributed by atoms with Crippen molar-refractivity contribution in [2.75, 3.05) is 50.7 Å². The first-order valence-electron chi connectivity index (χ1n) is 11.1. The summed E-state index contributed by atoms with van der Waals surface area (Å²) >= 11 is 0. The number of para-hydroxylation sites is 1. The maximum absolute atomic E-state index is 13.3. The predicted molar refractivity (Wildman–Crippen MR) is 124 cm³/mol. The summed E-state index contributed by atoms with van der Waals surface area (Å²) < 4.78 is 10.7. The minimum atomic E-state index is -0.387. The van der Waals surface area contributed by atoms with Crippen LogP contribution < -0.4 is 19.3 Å². The molecule has 2 aliphatic rings. The number of hydrogen-bond donors (Lipinski definition) is 0. The molecule has 170 valence electrons. The second kappa shape index (κ2) is 9.51. The van der Waals surface area contributed by atoms with E-state index in [1.807, 2.05) is 19.2 Å². The van der Waals surface area contributed by atoms with Crippen LogP contribution in [0.1, 0.15) is 24.8 Å². The number of anilines is 2. The normalized spacial score (nSPS) is 18.2. The Morgan fingerprint density at radius 3 is 2.53 bits per heavy atom. The highest BCUT2D eigenvalue weighted by Crippen LogP contribution is 2.36. The van der Waals surface area contributed by atoms with Gasteiger partial charge in [0, 0.05) is 51.4 Å². The Morgan fingerprint density at radius 2 is 1.81 bits per heavy atom. The van der Waals surface area contributed by atoms with Crippen molar-refractivity contribution in [1.29, 1.82) is 0 Å². The van der Waals surface area contributed by atoms with E-state index in [1.165, 1.54) is 18.5 Å². The maximum atomic E-state index is 13.3. The first-order valence-corrected chi connectivity index (χ1v) is 11.1. The van der Waals surface area contributed by atoms with Gasteiger partial charge in [-0.15, -0.1) is 0 Å². The number of amides is 2. The second-order valence-corrected chi connectivity index (χ2v) is 8.46. The number of benzene rings is 2. The van der Waals surface area contributed by atoms with Gasteiger partial charge in [0.15, 0.2) is 0 Å². The molecule has 0 bridgehead atoms. The summed E-state index contributed by atoms with van der Waals surface area (Å²) in [6.07, 6.45) is 2.60. The molecule has 4 rings (SSSR count). The third-order valence-electron chi connectivity index (χ3n) is 6.37. The van der Waals surface area contributed by atoms with Gasteiger partial charge in [-0.2, -0.15) is 0 Å². The van der Waals surface area contributed by atoms with E-state index in [-0.39, 0.29) is 24.2 Å². The molecule has 0 spiro atoms. The molecule has 2 saturated heterocycles. The summed E-state index contributed by atoms with van der Waals surface area (Å²) in [5.74, 6) is 0.737. The van der Waals surface area contributed by atoms with E-state index in [9.17, 15) is 9.59 Å². The van der Waals surface area contributed by atoms with E-state index in [4.69, 9.17) is 9.47 Å². The highest BCUT2D eigenvalue weighted by Gasteiger charge is 2.38. The fourth-order valence-electron chi connectivity index (χ4n) is 4.67. The van der Waals surface area contributed by atoms with Crippen LogP contribution in [0.25, 0.3) is 0 Å². The molecule has 7 nitrogen and oxygen atoms in total. The molecule has 0 radical (unpaired) electrons. The van der Waals surface area contributed by atoms with Crippen molar-refractivity contribution < 1.29 is 19.1 Å². The molecule has 32 heavy (non-hydrogen) atoms. The van der Waals surface area contributed by atoms with E-state index in [0.29, 0.717) is 30.3 Å². The molecule has 2 aliphatic heterocycles. The molecule has 0 saturated carbocycles. The Hall–Kier alpha value is -3.22. The lowest BCUT2D eigenvalue weighted by atomic mass is 10.1. The summed E-state index contributed by atoms with van der Waals surface area (Å²) in [6, 6.07) is 13.6. The van der Waals surface area contributed by atoms with Gasteiger partial charge in [0.1, 0.15) is 11.5 Å². The summed E-state index contributed by atoms with van der Waals surface area (Å²) in [4.78, 5) is 31.9. The fourth-order valence-corrected chi connectivity index (χ4v) is 4.67. The van der Waals surface area contributed by atoms with E-state index < -0.39 is 0 Å². The number of methoxy groups -OCH3 is 2. The smallest absolute Gasteiger partial charge is 0.228 e. The lowest BCUT2D eigenvalue weighted by Crippen LogP contribution is -2.35. The van der Waals surface area contributed by atoms with Crippen LogP contribution in [0.3, 0.4) is 0 Å². The average Bonchev–Trinajstić information content (AvgIpc) is 3.48. The van der Waals surface area contributed by atoms with Crippen molar-refractivity contribution >= 4 is 23.2 Å². The van der Waals surface area contributed by atoms with Gasteiger partial charge in [-0.05, 0) is 36.6 Å². The van der Waals surface area contributed by atoms with Crippen LogP contribution in [-0.2, 0) is 16.1 Å². The highest BCUT2D eigenvalue weighted by atomic mass is 16.5. The van der Waals surface area contributed by atoms with Gasteiger partial charge in [0.25, 0.3) is 0 Å². The quantitative estimate of drug-likeness (QED) is 0.665. The second-order valence-electron chi connectivity index (χ2n) is 8.46. The number of rotatable bonds is 7. The molecule has 2 fully saturated rings. The summed E-state index contributed by atoms with van der Waals surface area (Å²) in [6.45, 7) is 2.98. The fraction of sp³-hybridized carbons (Fsp3) is 0.440. The molecular formula is C25H31N3O4. The van der Waals surface area contributed by atoms with E-state index in [1.54, 1.807) is 42.2 Å². The minimum absolute atomic E-state index is 0.0149. The van der Waals surface area contributed by atoms with Crippen LogP contribution in [0.2, 0.25) is 0 Å². The molecule has 0 N–H and O–H groups in total. The molecule has 2 aromatic carbocycles. The van der Waals surface area contributed by atoms with Gasteiger partial charge in [0.05, 0.1) is 25.8 Å². The van der Waals surface area contributed by atoms with Gasteiger partial charge in [0.2, 0.25) is 11.8 Å². The van der Waals surface area contributed by atoms with Gasteiger partial charge in [-0.3, -0.25) is 9.59 Å². The zero-order valence-electron chi connectivity index (χ0n) is 19.0. The van der Waals surface area contributed by atoms with E-state index in [0.717, 1.165) is 18.7 Å². The van der Waals surface area contributed by atoms with Crippen molar-refractivity contribution in [2.45, 2.75) is 25.8 Å². The van der Waals surface area contributed by atoms with Crippen molar-refractivity contribution in [3.05, 3.63) is 48.0 Å². The Morgan fingerprint density at radius 1 is 1.06 bits per heavy atom. The van der Waals surface area contributed by atoms with Crippen LogP contribution in [0.4, 0.5) is 11.4 Å². The first-order chi connectivity index (χ1) is 15.5. The van der Waals surface area contributed by atoms with Crippen LogP contribution in [0.15, 0.2) is 42.5 Å². The van der Waals surface area contributed by atoms with Crippen molar-refractivity contribution in [2.24, 2.45) is 5.92 Å². The minimum Gasteiger partial charge on any atom is -0.497 e. The Bertz CT molecular complexity index is 987. The van der Waals surface area contributed by atoms with Gasteiger partial charge < -0.3 is 24.2 Å². The summed E-state index contributed by atoms with van der Waals surface area (Å²) in [5, 5.41) is 0. The Labute approximate surface area is 189 Å². The predicted octanol–water partition coefficient (Wildman–Crippen LogP) is 3.32. The lowest BCUT2D eigenvalue weighted by Gasteiger charge is -2.26. The van der Waals surface area contributed by atoms with Crippen LogP contribution in [0, 0.1) is 5.92 Å². The average molecular weight is 438 g/mol. The van der Waals surface area contributed by atoms with E-state index in [2.05, 4.69) is 17.0 Å². The van der Waals surface area contributed by atoms with Gasteiger partial charge >= 0.3 is 0 Å². The monoisotopic (exact) mass is 437 g/mol. The zero-order chi connectivity index (χ0) is 22.7. The first kappa shape index (κ1) is 22.0. The molecule has 2 amide bonds. The number of hydrogen-bond acceptors (Lipinski definition) is 5. The topological polar surface area (TPSA) is 62.3 Å². The number of carbonyl (C=O) groups is 2. The molecular weight excluding hydrogens is 406 g/mol. The maximum Gasteiger partial charge on any atom is 0.228 e. The molecule has 1 atom stereocenters. The highest BCUT2D eigenvalue weighted by molar-refractivity contribution is 6.01. The molecule has 2 heterocycles. The van der Waals surface area contributed by atoms with Crippen LogP contribution >= 0.6 is 0 Å². The molecule has 7 heteroatoms. The van der Waals surface area contributed by atoms with Crippen LogP contribution in [-0.4, -0.2) is 57.6 Å². The standard InChI is InChI=1S/C25H31N3O4/c1-26(16-18-8-4-5-9-21(18)27-12-6-7-13-27)25(30)19-14-24(29)28(17-19)22-15-20(31-2)10-11-23(22)32-3/h4-5,8-11,15,19H,6-7,12-14,16-17H2,1-3H3. The third kappa shape index (κ3) is 4.38. The number of ether oxygens (including phenoxy) is 2. The van der Waals surface area contributed by atoms with Crippen molar-refractivity contribution in [1.82, 2.24) is 4.90 Å². The lowest BCUT2D eigenvalue weighted by molar-refractivity contribution is -0.135. The molecule has 0 aromatic heterocycles. The summed E-state index contributed by atoms with van der Waals surface area (Å²) in [7, 11) is 4.97. The summed E-state index contributed by atoms with van der Waals surface area (Å²) in [5.41, 5.74) is 2.98. The Balaban J connectivity index is 1.48.